The van der Waals surface area contributed by atoms with Crippen LogP contribution >= 0.6 is 0 Å². The molecule has 4 aliphatic rings. The summed E-state index contributed by atoms with van der Waals surface area (Å²) in [6, 6.07) is 18.7. The summed E-state index contributed by atoms with van der Waals surface area (Å²) in [5, 5.41) is 10.8. The molecule has 4 aliphatic carbocycles. The third kappa shape index (κ3) is 3.66. The fourth-order valence-corrected chi connectivity index (χ4v) is 9.62. The van der Waals surface area contributed by atoms with Crippen molar-refractivity contribution in [1.29, 1.82) is 0 Å². The van der Waals surface area contributed by atoms with E-state index in [2.05, 4.69) is 63.2 Å². The Bertz CT molecular complexity index is 1100. The fourth-order valence-electron chi connectivity index (χ4n) is 9.62. The summed E-state index contributed by atoms with van der Waals surface area (Å²) < 4.78 is 0. The van der Waals surface area contributed by atoms with Crippen LogP contribution in [0.3, 0.4) is 0 Å². The lowest BCUT2D eigenvalue weighted by Gasteiger charge is -2.61. The Kier molecular flexibility index (Phi) is 5.57. The topological polar surface area (TPSA) is 37.3 Å². The first-order chi connectivity index (χ1) is 16.7. The second kappa shape index (κ2) is 8.30. The maximum absolute atomic E-state index is 14.2. The van der Waals surface area contributed by atoms with Crippen LogP contribution in [-0.4, -0.2) is 16.5 Å². The van der Waals surface area contributed by atoms with Gasteiger partial charge in [-0.15, -0.1) is 0 Å². The van der Waals surface area contributed by atoms with Gasteiger partial charge in [-0.1, -0.05) is 68.4 Å². The number of carbonyl (C=O) groups is 1. The molecule has 0 radical (unpaired) electrons. The average molecular weight is 471 g/mol. The molecule has 6 rings (SSSR count). The summed E-state index contributed by atoms with van der Waals surface area (Å²) in [6.07, 6.45) is 10.3. The Morgan fingerprint density at radius 2 is 1.49 bits per heavy atom. The van der Waals surface area contributed by atoms with Gasteiger partial charge in [-0.25, -0.2) is 0 Å². The molecule has 0 aromatic heterocycles. The third-order valence-electron chi connectivity index (χ3n) is 11.5. The van der Waals surface area contributed by atoms with Crippen molar-refractivity contribution in [3.05, 3.63) is 60.2 Å². The van der Waals surface area contributed by atoms with Crippen LogP contribution in [0.15, 0.2) is 54.6 Å². The average Bonchev–Trinajstić information content (AvgIpc) is 3.22. The molecule has 4 fully saturated rings. The zero-order valence-electron chi connectivity index (χ0n) is 21.8. The Hall–Kier alpha value is -1.93. The predicted octanol–water partition coefficient (Wildman–Crippen LogP) is 7.95. The molecule has 0 saturated heterocycles. The van der Waals surface area contributed by atoms with Gasteiger partial charge in [-0.05, 0) is 110 Å². The van der Waals surface area contributed by atoms with Gasteiger partial charge in [0.05, 0.1) is 5.60 Å². The van der Waals surface area contributed by atoms with E-state index in [0.29, 0.717) is 23.0 Å². The smallest absolute Gasteiger partial charge is 0.167 e. The second-order valence-corrected chi connectivity index (χ2v) is 13.3. The van der Waals surface area contributed by atoms with Crippen molar-refractivity contribution in [3.63, 3.8) is 0 Å². The van der Waals surface area contributed by atoms with E-state index in [4.69, 9.17) is 0 Å². The predicted molar refractivity (Wildman–Crippen MR) is 142 cm³/mol. The van der Waals surface area contributed by atoms with Crippen molar-refractivity contribution in [2.45, 2.75) is 84.2 Å². The molecule has 2 aromatic carbocycles. The molecule has 0 spiro atoms. The molecule has 0 heterocycles. The van der Waals surface area contributed by atoms with Crippen LogP contribution in [-0.2, 0) is 0 Å². The molecule has 0 unspecified atom stereocenters. The molecule has 4 saturated carbocycles. The molecular weight excluding hydrogens is 428 g/mol. The highest BCUT2D eigenvalue weighted by atomic mass is 16.3. The normalized spacial score (nSPS) is 42.6. The monoisotopic (exact) mass is 470 g/mol. The minimum atomic E-state index is -0.475. The van der Waals surface area contributed by atoms with Crippen molar-refractivity contribution >= 4 is 5.78 Å². The highest BCUT2D eigenvalue weighted by Crippen LogP contribution is 2.68. The highest BCUT2D eigenvalue weighted by Gasteiger charge is 2.61. The lowest BCUT2D eigenvalue weighted by Crippen LogP contribution is -2.55. The summed E-state index contributed by atoms with van der Waals surface area (Å²) >= 11 is 0. The molecule has 2 heteroatoms. The summed E-state index contributed by atoms with van der Waals surface area (Å²) in [6.45, 7) is 7.08. The third-order valence-corrected chi connectivity index (χ3v) is 11.5. The van der Waals surface area contributed by atoms with Crippen molar-refractivity contribution in [3.8, 4) is 11.1 Å². The van der Waals surface area contributed by atoms with Gasteiger partial charge in [-0.3, -0.25) is 4.79 Å². The first kappa shape index (κ1) is 23.5. The summed E-state index contributed by atoms with van der Waals surface area (Å²) in [5.74, 6) is 3.35. The van der Waals surface area contributed by atoms with Crippen LogP contribution in [0.5, 0.6) is 0 Å². The minimum absolute atomic E-state index is 0.116. The molecule has 8 atom stereocenters. The van der Waals surface area contributed by atoms with Crippen molar-refractivity contribution < 1.29 is 9.90 Å². The van der Waals surface area contributed by atoms with Crippen LogP contribution in [0.1, 0.15) is 88.9 Å². The zero-order valence-corrected chi connectivity index (χ0v) is 21.8. The lowest BCUT2D eigenvalue weighted by molar-refractivity contribution is -0.144. The number of carbonyl (C=O) groups excluding carboxylic acids is 1. The number of hydrogen-bond donors (Lipinski definition) is 1. The van der Waals surface area contributed by atoms with Crippen LogP contribution in [0.25, 0.3) is 11.1 Å². The van der Waals surface area contributed by atoms with Crippen LogP contribution in [0.4, 0.5) is 0 Å². The number of hydrogen-bond acceptors (Lipinski definition) is 2. The first-order valence-corrected chi connectivity index (χ1v) is 14.1. The fraction of sp³-hybridized carbons (Fsp3) is 0.606. The summed E-state index contributed by atoms with van der Waals surface area (Å²) in [4.78, 5) is 14.2. The van der Waals surface area contributed by atoms with Gasteiger partial charge in [0, 0.05) is 11.5 Å². The van der Waals surface area contributed by atoms with Crippen LogP contribution in [0, 0.1) is 40.4 Å². The van der Waals surface area contributed by atoms with Crippen LogP contribution < -0.4 is 0 Å². The van der Waals surface area contributed by atoms with E-state index in [1.807, 2.05) is 12.1 Å². The van der Waals surface area contributed by atoms with Gasteiger partial charge in [-0.2, -0.15) is 0 Å². The van der Waals surface area contributed by atoms with Gasteiger partial charge in [0.25, 0.3) is 0 Å². The number of aliphatic hydroxyl groups is 1. The standard InChI is InChI=1S/C33H42O2/c1-31(35)19-20-32(2)23(21-31)13-14-26-27-15-16-29(33(27,3)18-17-28(26)32)30(34)25-12-8-7-11-24(25)22-9-5-4-6-10-22/h4-12,23,26-29,35H,13-21H2,1-3H3/t23-,26-,27-,28-,29+,31+,32-,33-/m0/s1. The van der Waals surface area contributed by atoms with E-state index in [0.717, 1.165) is 47.8 Å². The van der Waals surface area contributed by atoms with Gasteiger partial charge >= 0.3 is 0 Å². The maximum Gasteiger partial charge on any atom is 0.167 e. The molecule has 1 N–H and O–H groups in total. The number of ketones is 1. The van der Waals surface area contributed by atoms with E-state index in [9.17, 15) is 9.90 Å². The Morgan fingerprint density at radius 3 is 2.29 bits per heavy atom. The molecule has 2 aromatic rings. The quantitative estimate of drug-likeness (QED) is 0.462. The number of benzene rings is 2. The second-order valence-electron chi connectivity index (χ2n) is 13.3. The van der Waals surface area contributed by atoms with E-state index in [1.165, 1.54) is 38.5 Å². The van der Waals surface area contributed by atoms with Gasteiger partial charge < -0.3 is 5.11 Å². The molecule has 0 bridgehead atoms. The SMILES string of the molecule is C[C@@]1(O)CC[C@@]2(C)[C@@H](CC[C@@H]3[C@@H]2CC[C@]2(C)[C@@H](C(=O)c4ccccc4-c4ccccc4)CC[C@@H]32)C1. The van der Waals surface area contributed by atoms with Gasteiger partial charge in [0.1, 0.15) is 0 Å². The number of fused-ring (bicyclic) bond motifs is 5. The van der Waals surface area contributed by atoms with E-state index >= 15 is 0 Å². The highest BCUT2D eigenvalue weighted by molar-refractivity contribution is 6.04. The van der Waals surface area contributed by atoms with Gasteiger partial charge in [0.2, 0.25) is 0 Å². The van der Waals surface area contributed by atoms with Crippen molar-refractivity contribution in [1.82, 2.24) is 0 Å². The Labute approximate surface area is 211 Å². The van der Waals surface area contributed by atoms with E-state index in [1.54, 1.807) is 0 Å². The molecular formula is C33H42O2. The molecule has 186 valence electrons. The zero-order chi connectivity index (χ0) is 24.4. The maximum atomic E-state index is 14.2. The van der Waals surface area contributed by atoms with E-state index in [-0.39, 0.29) is 11.3 Å². The summed E-state index contributed by atoms with van der Waals surface area (Å²) in [7, 11) is 0. The van der Waals surface area contributed by atoms with Crippen LogP contribution in [0.2, 0.25) is 0 Å². The molecule has 0 aliphatic heterocycles. The lowest BCUT2D eigenvalue weighted by atomic mass is 9.44. The largest absolute Gasteiger partial charge is 0.390 e. The molecule has 35 heavy (non-hydrogen) atoms. The first-order valence-electron chi connectivity index (χ1n) is 14.1. The molecule has 2 nitrogen and oxygen atoms in total. The molecule has 0 amide bonds. The Balaban J connectivity index is 1.28. The Morgan fingerprint density at radius 1 is 0.771 bits per heavy atom. The van der Waals surface area contributed by atoms with Crippen molar-refractivity contribution in [2.24, 2.45) is 40.4 Å². The van der Waals surface area contributed by atoms with E-state index < -0.39 is 5.60 Å². The summed E-state index contributed by atoms with van der Waals surface area (Å²) in [5.41, 5.74) is 3.15. The number of Topliss-reactive ketones (excluding diaryl/α,β-unsaturated/α-hetero) is 1. The minimum Gasteiger partial charge on any atom is -0.390 e. The number of rotatable bonds is 3. The van der Waals surface area contributed by atoms with Gasteiger partial charge in [0.15, 0.2) is 5.78 Å². The van der Waals surface area contributed by atoms with Crippen molar-refractivity contribution in [2.75, 3.05) is 0 Å².